The monoisotopic (exact) mass is 462 g/mol. The minimum atomic E-state index is -0.828. The zero-order valence-corrected chi connectivity index (χ0v) is 19.4. The summed E-state index contributed by atoms with van der Waals surface area (Å²) in [4.78, 5) is 20.6. The van der Waals surface area contributed by atoms with Gasteiger partial charge in [-0.05, 0) is 25.9 Å². The van der Waals surface area contributed by atoms with Gasteiger partial charge in [-0.25, -0.2) is 0 Å². The maximum absolute atomic E-state index is 10.3. The van der Waals surface area contributed by atoms with E-state index in [1.807, 2.05) is 0 Å². The van der Waals surface area contributed by atoms with Crippen LogP contribution < -0.4 is 42.5 Å². The molecule has 0 unspecified atom stereocenters. The summed E-state index contributed by atoms with van der Waals surface area (Å²) >= 11 is 0. The van der Waals surface area contributed by atoms with Crippen molar-refractivity contribution in [3.8, 4) is 0 Å². The maximum atomic E-state index is 10.3. The molecule has 0 aliphatic carbocycles. The Bertz CT molecular complexity index is 394. The molecular weight excluding hydrogens is 416 g/mol. The van der Waals surface area contributed by atoms with Gasteiger partial charge in [-0.3, -0.25) is 9.59 Å². The summed E-state index contributed by atoms with van der Waals surface area (Å²) in [6.45, 7) is 12.3. The molecule has 0 bridgehead atoms. The number of rotatable bonds is 27. The number of carbonyl (C=O) groups is 2. The number of nitrogens with one attached hydrogen (secondary N) is 8. The summed E-state index contributed by atoms with van der Waals surface area (Å²) in [6.07, 6.45) is 2.32. The second-order valence-corrected chi connectivity index (χ2v) is 7.35. The highest BCUT2D eigenvalue weighted by atomic mass is 16.4. The van der Waals surface area contributed by atoms with Gasteiger partial charge < -0.3 is 52.7 Å². The van der Waals surface area contributed by atoms with Gasteiger partial charge in [0.2, 0.25) is 0 Å². The normalized spacial score (nSPS) is 11.1. The highest BCUT2D eigenvalue weighted by Crippen LogP contribution is 1.83. The average molecular weight is 463 g/mol. The molecule has 0 atom stereocenters. The van der Waals surface area contributed by atoms with E-state index in [9.17, 15) is 9.59 Å². The molecule has 0 saturated heterocycles. The Kier molecular flexibility index (Phi) is 24.8. The molecule has 0 aromatic rings. The lowest BCUT2D eigenvalue weighted by molar-refractivity contribution is -0.136. The van der Waals surface area contributed by atoms with Gasteiger partial charge in [0.25, 0.3) is 0 Å². The first-order valence-corrected chi connectivity index (χ1v) is 11.7. The first kappa shape index (κ1) is 30.6. The molecule has 0 radical (unpaired) electrons. The van der Waals surface area contributed by atoms with Crippen LogP contribution in [0.3, 0.4) is 0 Å². The van der Waals surface area contributed by atoms with E-state index in [-0.39, 0.29) is 13.1 Å². The topological polar surface area (TPSA) is 171 Å². The Morgan fingerprint density at radius 2 is 0.594 bits per heavy atom. The molecule has 0 aliphatic rings. The van der Waals surface area contributed by atoms with Gasteiger partial charge in [-0.2, -0.15) is 0 Å². The first-order chi connectivity index (χ1) is 15.6. The Morgan fingerprint density at radius 1 is 0.375 bits per heavy atom. The van der Waals surface area contributed by atoms with Gasteiger partial charge in [0.15, 0.2) is 0 Å². The van der Waals surface area contributed by atoms with Crippen molar-refractivity contribution in [2.45, 2.75) is 12.8 Å². The Labute approximate surface area is 192 Å². The molecule has 0 fully saturated rings. The largest absolute Gasteiger partial charge is 0.480 e. The molecule has 12 nitrogen and oxygen atoms in total. The molecule has 0 heterocycles. The molecule has 190 valence electrons. The second kappa shape index (κ2) is 25.9. The van der Waals surface area contributed by atoms with E-state index >= 15 is 0 Å². The lowest BCUT2D eigenvalue weighted by Crippen LogP contribution is -2.36. The molecule has 12 heteroatoms. The fourth-order valence-corrected chi connectivity index (χ4v) is 2.70. The van der Waals surface area contributed by atoms with E-state index in [1.54, 1.807) is 0 Å². The summed E-state index contributed by atoms with van der Waals surface area (Å²) in [5, 5.41) is 42.7. The van der Waals surface area contributed by atoms with E-state index in [0.29, 0.717) is 13.1 Å². The standard InChI is InChI=1S/C20H46N8O4/c29-19(30)17-27-15-13-25-11-9-23-7-5-21-3-1-2-4-22-6-8-24-10-12-26-14-16-28-18-20(31)32/h21-28H,1-18H2,(H,29,30)(H,31,32). The zero-order valence-electron chi connectivity index (χ0n) is 19.4. The van der Waals surface area contributed by atoms with E-state index in [0.717, 1.165) is 91.4 Å². The highest BCUT2D eigenvalue weighted by Gasteiger charge is 1.95. The van der Waals surface area contributed by atoms with Crippen LogP contribution in [0.4, 0.5) is 0 Å². The van der Waals surface area contributed by atoms with E-state index in [2.05, 4.69) is 42.5 Å². The van der Waals surface area contributed by atoms with Crippen LogP contribution in [0.5, 0.6) is 0 Å². The maximum Gasteiger partial charge on any atom is 0.317 e. The summed E-state index contributed by atoms with van der Waals surface area (Å²) in [5.41, 5.74) is 0. The van der Waals surface area contributed by atoms with Crippen LogP contribution in [-0.4, -0.2) is 127 Å². The second-order valence-electron chi connectivity index (χ2n) is 7.35. The predicted molar refractivity (Wildman–Crippen MR) is 127 cm³/mol. The quantitative estimate of drug-likeness (QED) is 0.0551. The van der Waals surface area contributed by atoms with Gasteiger partial charge in [0, 0.05) is 78.5 Å². The SMILES string of the molecule is O=C(O)CNCCNCCNCCNCCCCNCCNCCNCCNCC(=O)O. The van der Waals surface area contributed by atoms with E-state index in [4.69, 9.17) is 10.2 Å². The van der Waals surface area contributed by atoms with Crippen molar-refractivity contribution < 1.29 is 19.8 Å². The van der Waals surface area contributed by atoms with Crippen LogP contribution in [0.2, 0.25) is 0 Å². The highest BCUT2D eigenvalue weighted by molar-refractivity contribution is 5.69. The molecule has 0 saturated carbocycles. The number of hydrogen-bond donors (Lipinski definition) is 10. The molecule has 0 spiro atoms. The van der Waals surface area contributed by atoms with Crippen molar-refractivity contribution >= 4 is 11.9 Å². The number of hydrogen-bond acceptors (Lipinski definition) is 10. The average Bonchev–Trinajstić information content (AvgIpc) is 2.75. The van der Waals surface area contributed by atoms with Crippen molar-refractivity contribution in [1.29, 1.82) is 0 Å². The molecule has 0 aromatic heterocycles. The molecule has 0 rings (SSSR count). The summed E-state index contributed by atoms with van der Waals surface area (Å²) in [6, 6.07) is 0. The third-order valence-electron chi connectivity index (χ3n) is 4.38. The lowest BCUT2D eigenvalue weighted by Gasteiger charge is -2.09. The number of carboxylic acid groups (broad SMARTS) is 2. The van der Waals surface area contributed by atoms with Gasteiger partial charge in [0.1, 0.15) is 0 Å². The molecule has 0 aromatic carbocycles. The van der Waals surface area contributed by atoms with Crippen LogP contribution >= 0.6 is 0 Å². The van der Waals surface area contributed by atoms with Crippen molar-refractivity contribution in [3.05, 3.63) is 0 Å². The number of aliphatic carboxylic acids is 2. The zero-order chi connectivity index (χ0) is 23.5. The fraction of sp³-hybridized carbons (Fsp3) is 0.900. The minimum absolute atomic E-state index is 0.0100. The van der Waals surface area contributed by atoms with Crippen molar-refractivity contribution in [2.75, 3.05) is 105 Å². The van der Waals surface area contributed by atoms with Gasteiger partial charge in [0.05, 0.1) is 13.1 Å². The third kappa shape index (κ3) is 28.6. The number of carboxylic acids is 2. The van der Waals surface area contributed by atoms with E-state index < -0.39 is 11.9 Å². The summed E-state index contributed by atoms with van der Waals surface area (Å²) in [5.74, 6) is -1.66. The van der Waals surface area contributed by atoms with Crippen LogP contribution in [-0.2, 0) is 9.59 Å². The first-order valence-electron chi connectivity index (χ1n) is 11.7. The minimum Gasteiger partial charge on any atom is -0.480 e. The van der Waals surface area contributed by atoms with Crippen LogP contribution in [0, 0.1) is 0 Å². The fourth-order valence-electron chi connectivity index (χ4n) is 2.70. The predicted octanol–water partition coefficient (Wildman–Crippen LogP) is -3.35. The van der Waals surface area contributed by atoms with Gasteiger partial charge in [-0.1, -0.05) is 0 Å². The van der Waals surface area contributed by atoms with Crippen molar-refractivity contribution in [1.82, 2.24) is 42.5 Å². The van der Waals surface area contributed by atoms with Gasteiger partial charge in [-0.15, -0.1) is 0 Å². The van der Waals surface area contributed by atoms with Crippen LogP contribution in [0.1, 0.15) is 12.8 Å². The Morgan fingerprint density at radius 3 is 0.844 bits per heavy atom. The summed E-state index contributed by atoms with van der Waals surface area (Å²) < 4.78 is 0. The number of unbranched alkanes of at least 4 members (excludes halogenated alkanes) is 1. The molecule has 10 N–H and O–H groups in total. The third-order valence-corrected chi connectivity index (χ3v) is 4.38. The van der Waals surface area contributed by atoms with Gasteiger partial charge >= 0.3 is 11.9 Å². The van der Waals surface area contributed by atoms with Crippen LogP contribution in [0.15, 0.2) is 0 Å². The Hall–Kier alpha value is -1.38. The molecule has 32 heavy (non-hydrogen) atoms. The molecular formula is C20H46N8O4. The molecule has 0 amide bonds. The molecule has 0 aliphatic heterocycles. The van der Waals surface area contributed by atoms with Crippen molar-refractivity contribution in [2.24, 2.45) is 0 Å². The van der Waals surface area contributed by atoms with E-state index in [1.165, 1.54) is 0 Å². The lowest BCUT2D eigenvalue weighted by atomic mass is 10.3. The Balaban J connectivity index is 3.02. The van der Waals surface area contributed by atoms with Crippen LogP contribution in [0.25, 0.3) is 0 Å². The smallest absolute Gasteiger partial charge is 0.317 e. The summed E-state index contributed by atoms with van der Waals surface area (Å²) in [7, 11) is 0. The van der Waals surface area contributed by atoms with Crippen molar-refractivity contribution in [3.63, 3.8) is 0 Å².